The first kappa shape index (κ1) is 9.70. The van der Waals surface area contributed by atoms with Gasteiger partial charge in [-0.25, -0.2) is 0 Å². The molecule has 0 aliphatic carbocycles. The van der Waals surface area contributed by atoms with Crippen molar-refractivity contribution in [1.29, 1.82) is 0 Å². The smallest absolute Gasteiger partial charge is 0.112 e. The first-order valence-electron chi connectivity index (χ1n) is 4.80. The van der Waals surface area contributed by atoms with Crippen LogP contribution in [0.2, 0.25) is 0 Å². The van der Waals surface area contributed by atoms with Crippen molar-refractivity contribution in [3.05, 3.63) is 42.2 Å². The van der Waals surface area contributed by atoms with Crippen LogP contribution in [0.4, 0.5) is 0 Å². The highest BCUT2D eigenvalue weighted by Gasteiger charge is 1.97. The lowest BCUT2D eigenvalue weighted by atomic mass is 10.1. The van der Waals surface area contributed by atoms with Gasteiger partial charge >= 0.3 is 0 Å². The Kier molecular flexibility index (Phi) is 2.66. The van der Waals surface area contributed by atoms with Gasteiger partial charge in [-0.15, -0.1) is 0 Å². The Morgan fingerprint density at radius 3 is 2.87 bits per heavy atom. The van der Waals surface area contributed by atoms with E-state index in [9.17, 15) is 0 Å². The number of rotatable bonds is 0. The zero-order valence-corrected chi connectivity index (χ0v) is 8.44. The van der Waals surface area contributed by atoms with E-state index in [1.165, 1.54) is 0 Å². The second-order valence-electron chi connectivity index (χ2n) is 3.35. The van der Waals surface area contributed by atoms with Crippen LogP contribution in [-0.2, 0) is 0 Å². The molecule has 0 amide bonds. The maximum atomic E-state index is 9.09. The molecule has 1 N–H and O–H groups in total. The maximum absolute atomic E-state index is 9.09. The van der Waals surface area contributed by atoms with Crippen LogP contribution >= 0.6 is 0 Å². The van der Waals surface area contributed by atoms with Gasteiger partial charge in [0.05, 0.1) is 5.56 Å². The average Bonchev–Trinajstić information content (AvgIpc) is 2.26. The van der Waals surface area contributed by atoms with Crippen molar-refractivity contribution in [3.63, 3.8) is 0 Å². The van der Waals surface area contributed by atoms with Gasteiger partial charge < -0.3 is 5.11 Å². The van der Waals surface area contributed by atoms with Gasteiger partial charge in [0.2, 0.25) is 0 Å². The zero-order chi connectivity index (χ0) is 10.7. The van der Waals surface area contributed by atoms with Gasteiger partial charge in [-0.1, -0.05) is 36.1 Å². The van der Waals surface area contributed by atoms with Gasteiger partial charge in [-0.3, -0.25) is 4.98 Å². The minimum atomic E-state index is -0.607. The van der Waals surface area contributed by atoms with Gasteiger partial charge in [-0.2, -0.15) is 0 Å². The molecule has 1 heterocycles. The Hall–Kier alpha value is -1.85. The molecule has 0 aliphatic rings. The molecule has 74 valence electrons. The van der Waals surface area contributed by atoms with E-state index < -0.39 is 6.10 Å². The monoisotopic (exact) mass is 197 g/mol. The quantitative estimate of drug-likeness (QED) is 0.655. The van der Waals surface area contributed by atoms with Crippen LogP contribution in [0.5, 0.6) is 0 Å². The highest BCUT2D eigenvalue weighted by molar-refractivity contribution is 5.87. The lowest BCUT2D eigenvalue weighted by molar-refractivity contribution is 0.253. The summed E-state index contributed by atoms with van der Waals surface area (Å²) in [6.07, 6.45) is 2.92. The van der Waals surface area contributed by atoms with Crippen molar-refractivity contribution in [3.8, 4) is 11.8 Å². The van der Waals surface area contributed by atoms with Crippen molar-refractivity contribution in [2.45, 2.75) is 13.0 Å². The van der Waals surface area contributed by atoms with Crippen LogP contribution in [0, 0.1) is 11.8 Å². The van der Waals surface area contributed by atoms with E-state index in [2.05, 4.69) is 16.8 Å². The van der Waals surface area contributed by atoms with E-state index in [1.807, 2.05) is 30.5 Å². The predicted octanol–water partition coefficient (Wildman–Crippen LogP) is 1.97. The van der Waals surface area contributed by atoms with E-state index in [-0.39, 0.29) is 0 Å². The van der Waals surface area contributed by atoms with Crippen molar-refractivity contribution < 1.29 is 5.11 Å². The Morgan fingerprint density at radius 1 is 1.27 bits per heavy atom. The van der Waals surface area contributed by atoms with Crippen molar-refractivity contribution in [1.82, 2.24) is 4.98 Å². The largest absolute Gasteiger partial charge is 0.381 e. The summed E-state index contributed by atoms with van der Waals surface area (Å²) in [6, 6.07) is 7.94. The van der Waals surface area contributed by atoms with Crippen molar-refractivity contribution in [2.75, 3.05) is 0 Å². The third kappa shape index (κ3) is 2.15. The summed E-state index contributed by atoms with van der Waals surface area (Å²) in [7, 11) is 0. The molecule has 0 saturated carbocycles. The number of hydrogen-bond donors (Lipinski definition) is 1. The molecule has 1 aromatic heterocycles. The molecule has 2 heteroatoms. The van der Waals surface area contributed by atoms with Crippen LogP contribution < -0.4 is 0 Å². The molecular formula is C13H11NO. The summed E-state index contributed by atoms with van der Waals surface area (Å²) in [4.78, 5) is 4.11. The van der Waals surface area contributed by atoms with Crippen LogP contribution in [-0.4, -0.2) is 16.2 Å². The number of aliphatic hydroxyl groups excluding tert-OH is 1. The molecule has 2 rings (SSSR count). The highest BCUT2D eigenvalue weighted by atomic mass is 16.3. The number of pyridine rings is 1. The third-order valence-electron chi connectivity index (χ3n) is 2.08. The van der Waals surface area contributed by atoms with Crippen LogP contribution in [0.1, 0.15) is 12.5 Å². The average molecular weight is 197 g/mol. The molecule has 1 aromatic carbocycles. The summed E-state index contributed by atoms with van der Waals surface area (Å²) in [5.74, 6) is 5.64. The fourth-order valence-electron chi connectivity index (χ4n) is 1.40. The van der Waals surface area contributed by atoms with Crippen LogP contribution in [0.3, 0.4) is 0 Å². The predicted molar refractivity (Wildman–Crippen MR) is 60.3 cm³/mol. The minimum Gasteiger partial charge on any atom is -0.381 e. The topological polar surface area (TPSA) is 33.1 Å². The number of aliphatic hydroxyl groups is 1. The lowest BCUT2D eigenvalue weighted by Crippen LogP contribution is -1.93. The number of hydrogen-bond acceptors (Lipinski definition) is 2. The summed E-state index contributed by atoms with van der Waals surface area (Å²) in [5.41, 5.74) is 0.856. The second kappa shape index (κ2) is 4.12. The fourth-order valence-corrected chi connectivity index (χ4v) is 1.40. The van der Waals surface area contributed by atoms with Gasteiger partial charge in [-0.05, 0) is 6.92 Å². The summed E-state index contributed by atoms with van der Waals surface area (Å²) >= 11 is 0. The molecule has 0 unspecified atom stereocenters. The lowest BCUT2D eigenvalue weighted by Gasteiger charge is -1.98. The molecule has 0 spiro atoms. The summed E-state index contributed by atoms with van der Waals surface area (Å²) in [6.45, 7) is 1.64. The molecule has 2 aromatic rings. The number of benzene rings is 1. The molecule has 0 saturated heterocycles. The molecular weight excluding hydrogens is 186 g/mol. The molecule has 2 nitrogen and oxygen atoms in total. The van der Waals surface area contributed by atoms with Crippen molar-refractivity contribution in [2.24, 2.45) is 0 Å². The molecule has 15 heavy (non-hydrogen) atoms. The molecule has 1 atom stereocenters. The molecule has 0 fully saturated rings. The number of fused-ring (bicyclic) bond motifs is 1. The summed E-state index contributed by atoms with van der Waals surface area (Å²) < 4.78 is 0. The molecule has 0 aliphatic heterocycles. The van der Waals surface area contributed by atoms with Gasteiger partial charge in [0.15, 0.2) is 0 Å². The Bertz CT molecular complexity index is 529. The van der Waals surface area contributed by atoms with Gasteiger partial charge in [0, 0.05) is 23.2 Å². The molecule has 0 radical (unpaired) electrons. The maximum Gasteiger partial charge on any atom is 0.112 e. The second-order valence-corrected chi connectivity index (χ2v) is 3.35. The van der Waals surface area contributed by atoms with E-state index in [0.29, 0.717) is 0 Å². The minimum absolute atomic E-state index is 0.607. The van der Waals surface area contributed by atoms with Gasteiger partial charge in [0.25, 0.3) is 0 Å². The first-order chi connectivity index (χ1) is 7.27. The van der Waals surface area contributed by atoms with Gasteiger partial charge in [0.1, 0.15) is 6.10 Å². The van der Waals surface area contributed by atoms with Crippen LogP contribution in [0.25, 0.3) is 10.8 Å². The number of aromatic nitrogens is 1. The van der Waals surface area contributed by atoms with E-state index in [1.54, 1.807) is 13.1 Å². The Labute approximate surface area is 88.6 Å². The van der Waals surface area contributed by atoms with E-state index >= 15 is 0 Å². The molecule has 0 bridgehead atoms. The Morgan fingerprint density at radius 2 is 2.07 bits per heavy atom. The number of nitrogens with zero attached hydrogens (tertiary/aromatic N) is 1. The highest BCUT2D eigenvalue weighted by Crippen LogP contribution is 2.15. The Balaban J connectivity index is 2.58. The van der Waals surface area contributed by atoms with E-state index in [0.717, 1.165) is 16.3 Å². The van der Waals surface area contributed by atoms with Crippen LogP contribution in [0.15, 0.2) is 36.7 Å². The normalized spacial score (nSPS) is 11.9. The zero-order valence-electron chi connectivity index (χ0n) is 8.44. The third-order valence-corrected chi connectivity index (χ3v) is 2.08. The van der Waals surface area contributed by atoms with E-state index in [4.69, 9.17) is 5.11 Å². The first-order valence-corrected chi connectivity index (χ1v) is 4.80. The summed E-state index contributed by atoms with van der Waals surface area (Å²) in [5, 5.41) is 11.2. The standard InChI is InChI=1S/C13H11NO/c1-10(15)6-7-12-9-14-8-11-4-2-3-5-13(11)12/h2-5,8-10,15H,1H3/t10-/m1/s1. The fraction of sp³-hybridized carbons (Fsp3) is 0.154. The SMILES string of the molecule is C[C@@H](O)C#Cc1cncc2ccccc12. The van der Waals surface area contributed by atoms with Crippen molar-refractivity contribution >= 4 is 10.8 Å².